The highest BCUT2D eigenvalue weighted by Crippen LogP contribution is 2.29. The van der Waals surface area contributed by atoms with Crippen molar-refractivity contribution in [2.24, 2.45) is 5.73 Å². The predicted octanol–water partition coefficient (Wildman–Crippen LogP) is 2.52. The van der Waals surface area contributed by atoms with E-state index in [0.717, 1.165) is 10.6 Å². The third kappa shape index (κ3) is 2.93. The Labute approximate surface area is 89.8 Å². The van der Waals surface area contributed by atoms with E-state index < -0.39 is 0 Å². The Morgan fingerprint density at radius 2 is 2.00 bits per heavy atom. The standard InChI is InChI=1S/C11H17NOS/c1-11(2,8-12)13-9-6-4-5-7-10(9)14-3/h4-7H,8,12H2,1-3H3. The molecule has 0 amide bonds. The first kappa shape index (κ1) is 11.4. The van der Waals surface area contributed by atoms with Gasteiger partial charge in [-0.15, -0.1) is 11.8 Å². The van der Waals surface area contributed by atoms with E-state index in [2.05, 4.69) is 0 Å². The summed E-state index contributed by atoms with van der Waals surface area (Å²) in [6, 6.07) is 8.01. The molecule has 78 valence electrons. The van der Waals surface area contributed by atoms with Gasteiger partial charge >= 0.3 is 0 Å². The summed E-state index contributed by atoms with van der Waals surface area (Å²) in [6.45, 7) is 4.49. The minimum Gasteiger partial charge on any atom is -0.485 e. The lowest BCUT2D eigenvalue weighted by molar-refractivity contribution is 0.115. The van der Waals surface area contributed by atoms with Crippen LogP contribution in [0.25, 0.3) is 0 Å². The summed E-state index contributed by atoms with van der Waals surface area (Å²) in [5.74, 6) is 0.912. The number of benzene rings is 1. The molecule has 0 aliphatic carbocycles. The van der Waals surface area contributed by atoms with Crippen LogP contribution in [0.4, 0.5) is 0 Å². The first-order valence-electron chi connectivity index (χ1n) is 4.61. The summed E-state index contributed by atoms with van der Waals surface area (Å²) in [4.78, 5) is 1.15. The van der Waals surface area contributed by atoms with E-state index in [4.69, 9.17) is 10.5 Å². The molecule has 0 unspecified atom stereocenters. The Balaban J connectivity index is 2.85. The number of thioether (sulfide) groups is 1. The predicted molar refractivity (Wildman–Crippen MR) is 62.0 cm³/mol. The molecule has 0 fully saturated rings. The van der Waals surface area contributed by atoms with Crippen LogP contribution in [0.5, 0.6) is 5.75 Å². The van der Waals surface area contributed by atoms with Crippen LogP contribution < -0.4 is 10.5 Å². The van der Waals surface area contributed by atoms with Gasteiger partial charge in [-0.3, -0.25) is 0 Å². The zero-order valence-corrected chi connectivity index (χ0v) is 9.73. The normalized spacial score (nSPS) is 11.4. The molecular weight excluding hydrogens is 194 g/mol. The van der Waals surface area contributed by atoms with E-state index in [-0.39, 0.29) is 5.60 Å². The highest BCUT2D eigenvalue weighted by Gasteiger charge is 2.18. The van der Waals surface area contributed by atoms with Crippen molar-refractivity contribution in [3.63, 3.8) is 0 Å². The highest BCUT2D eigenvalue weighted by molar-refractivity contribution is 7.98. The molecule has 0 saturated heterocycles. The first-order valence-corrected chi connectivity index (χ1v) is 5.83. The molecule has 1 rings (SSSR count). The van der Waals surface area contributed by atoms with Gasteiger partial charge in [0.2, 0.25) is 0 Å². The SMILES string of the molecule is CSc1ccccc1OC(C)(C)CN. The number of ether oxygens (including phenoxy) is 1. The largest absolute Gasteiger partial charge is 0.485 e. The number of nitrogens with two attached hydrogens (primary N) is 1. The van der Waals surface area contributed by atoms with Gasteiger partial charge in [0.1, 0.15) is 11.4 Å². The lowest BCUT2D eigenvalue weighted by atomic mass is 10.1. The zero-order valence-electron chi connectivity index (χ0n) is 8.91. The van der Waals surface area contributed by atoms with Crippen molar-refractivity contribution in [2.45, 2.75) is 24.3 Å². The molecule has 14 heavy (non-hydrogen) atoms. The Morgan fingerprint density at radius 3 is 2.57 bits per heavy atom. The summed E-state index contributed by atoms with van der Waals surface area (Å²) in [6.07, 6.45) is 2.04. The van der Waals surface area contributed by atoms with Crippen molar-refractivity contribution in [1.82, 2.24) is 0 Å². The van der Waals surface area contributed by atoms with Gasteiger partial charge in [0.05, 0.1) is 0 Å². The van der Waals surface area contributed by atoms with Gasteiger partial charge in [0.15, 0.2) is 0 Å². The molecule has 2 N–H and O–H groups in total. The van der Waals surface area contributed by atoms with Crippen LogP contribution in [0.15, 0.2) is 29.2 Å². The summed E-state index contributed by atoms with van der Waals surface area (Å²) in [7, 11) is 0. The van der Waals surface area contributed by atoms with Crippen molar-refractivity contribution in [3.8, 4) is 5.75 Å². The number of para-hydroxylation sites is 1. The summed E-state index contributed by atoms with van der Waals surface area (Å²) < 4.78 is 5.83. The minimum atomic E-state index is -0.300. The van der Waals surface area contributed by atoms with E-state index in [1.807, 2.05) is 44.4 Å². The molecule has 0 bridgehead atoms. The highest BCUT2D eigenvalue weighted by atomic mass is 32.2. The molecule has 0 spiro atoms. The van der Waals surface area contributed by atoms with Gasteiger partial charge in [-0.1, -0.05) is 12.1 Å². The second-order valence-corrected chi connectivity index (χ2v) is 4.56. The smallest absolute Gasteiger partial charge is 0.133 e. The Bertz CT molecular complexity index is 299. The van der Waals surface area contributed by atoms with Crippen LogP contribution >= 0.6 is 11.8 Å². The maximum absolute atomic E-state index is 5.83. The van der Waals surface area contributed by atoms with E-state index in [1.165, 1.54) is 0 Å². The van der Waals surface area contributed by atoms with E-state index >= 15 is 0 Å². The van der Waals surface area contributed by atoms with E-state index in [1.54, 1.807) is 11.8 Å². The average Bonchev–Trinajstić information content (AvgIpc) is 2.18. The van der Waals surface area contributed by atoms with Crippen LogP contribution in [0.2, 0.25) is 0 Å². The second kappa shape index (κ2) is 4.71. The number of rotatable bonds is 4. The zero-order chi connectivity index (χ0) is 10.6. The summed E-state index contributed by atoms with van der Waals surface area (Å²) >= 11 is 1.68. The van der Waals surface area contributed by atoms with Crippen molar-refractivity contribution >= 4 is 11.8 Å². The molecule has 2 nitrogen and oxygen atoms in total. The minimum absolute atomic E-state index is 0.300. The van der Waals surface area contributed by atoms with Crippen molar-refractivity contribution in [3.05, 3.63) is 24.3 Å². The molecule has 0 radical (unpaired) electrons. The fourth-order valence-corrected chi connectivity index (χ4v) is 1.57. The van der Waals surface area contributed by atoms with Crippen LogP contribution in [-0.2, 0) is 0 Å². The molecular formula is C11H17NOS. The first-order chi connectivity index (χ1) is 6.59. The Kier molecular flexibility index (Phi) is 3.84. The van der Waals surface area contributed by atoms with Gasteiger partial charge in [-0.05, 0) is 32.2 Å². The maximum Gasteiger partial charge on any atom is 0.133 e. The molecule has 0 aliphatic rings. The van der Waals surface area contributed by atoms with Gasteiger partial charge in [0.25, 0.3) is 0 Å². The number of hydrogen-bond donors (Lipinski definition) is 1. The third-order valence-electron chi connectivity index (χ3n) is 1.95. The second-order valence-electron chi connectivity index (χ2n) is 3.72. The van der Waals surface area contributed by atoms with Crippen LogP contribution in [0.1, 0.15) is 13.8 Å². The molecule has 0 aliphatic heterocycles. The molecule has 0 atom stereocenters. The molecule has 1 aromatic carbocycles. The quantitative estimate of drug-likeness (QED) is 0.777. The molecule has 1 aromatic rings. The molecule has 0 heterocycles. The third-order valence-corrected chi connectivity index (χ3v) is 2.72. The van der Waals surface area contributed by atoms with Crippen LogP contribution in [0.3, 0.4) is 0 Å². The fourth-order valence-electron chi connectivity index (χ4n) is 1.04. The summed E-state index contributed by atoms with van der Waals surface area (Å²) in [5, 5.41) is 0. The monoisotopic (exact) mass is 211 g/mol. The number of hydrogen-bond acceptors (Lipinski definition) is 3. The lowest BCUT2D eigenvalue weighted by Crippen LogP contribution is -2.37. The van der Waals surface area contributed by atoms with Crippen LogP contribution in [-0.4, -0.2) is 18.4 Å². The van der Waals surface area contributed by atoms with Gasteiger partial charge in [-0.25, -0.2) is 0 Å². The Morgan fingerprint density at radius 1 is 1.36 bits per heavy atom. The van der Waals surface area contributed by atoms with Crippen molar-refractivity contribution in [2.75, 3.05) is 12.8 Å². The van der Waals surface area contributed by atoms with Gasteiger partial charge < -0.3 is 10.5 Å². The molecule has 3 heteroatoms. The van der Waals surface area contributed by atoms with E-state index in [9.17, 15) is 0 Å². The van der Waals surface area contributed by atoms with E-state index in [0.29, 0.717) is 6.54 Å². The fraction of sp³-hybridized carbons (Fsp3) is 0.455. The van der Waals surface area contributed by atoms with Gasteiger partial charge in [-0.2, -0.15) is 0 Å². The lowest BCUT2D eigenvalue weighted by Gasteiger charge is -2.25. The topological polar surface area (TPSA) is 35.2 Å². The molecule has 0 aromatic heterocycles. The van der Waals surface area contributed by atoms with Crippen molar-refractivity contribution < 1.29 is 4.74 Å². The summed E-state index contributed by atoms with van der Waals surface area (Å²) in [5.41, 5.74) is 5.31. The van der Waals surface area contributed by atoms with Crippen LogP contribution in [0, 0.1) is 0 Å². The Hall–Kier alpha value is -0.670. The van der Waals surface area contributed by atoms with Crippen molar-refractivity contribution in [1.29, 1.82) is 0 Å². The average molecular weight is 211 g/mol. The van der Waals surface area contributed by atoms with Gasteiger partial charge in [0, 0.05) is 11.4 Å². The maximum atomic E-state index is 5.83. The molecule has 0 saturated carbocycles.